The maximum Gasteiger partial charge on any atom is 0.317 e. The van der Waals surface area contributed by atoms with Gasteiger partial charge in [-0.25, -0.2) is 0 Å². The molecule has 0 aliphatic carbocycles. The number of thiocarbonyl (C=S) groups is 1. The lowest BCUT2D eigenvalue weighted by Gasteiger charge is -2.34. The zero-order valence-electron chi connectivity index (χ0n) is 19.7. The normalized spacial score (nSPS) is 11.8. The van der Waals surface area contributed by atoms with Crippen molar-refractivity contribution in [1.29, 1.82) is 0 Å². The van der Waals surface area contributed by atoms with Gasteiger partial charge < -0.3 is 25.5 Å². The second-order valence-corrected chi connectivity index (χ2v) is 8.23. The lowest BCUT2D eigenvalue weighted by atomic mass is 10.0. The fraction of sp³-hybridized carbons (Fsp3) is 0.455. The van der Waals surface area contributed by atoms with Gasteiger partial charge in [-0.1, -0.05) is 12.1 Å². The molecule has 0 saturated heterocycles. The molecule has 0 aliphatic heterocycles. The SMILES string of the molecule is O=C(O)CN(CCN(CC(=O)O)C[C@H](Cc1ccc(N=C=S)cc1)N(CC(=O)O)CC(=O)O)CC(=O)O. The molecule has 15 heteroatoms. The van der Waals surface area contributed by atoms with Crippen LogP contribution in [0.15, 0.2) is 29.3 Å². The highest BCUT2D eigenvalue weighted by Gasteiger charge is 2.27. The number of carboxylic acids is 5. The summed E-state index contributed by atoms with van der Waals surface area (Å²) in [7, 11) is 0. The van der Waals surface area contributed by atoms with Crippen LogP contribution < -0.4 is 0 Å². The van der Waals surface area contributed by atoms with Crippen LogP contribution in [-0.4, -0.2) is 134 Å². The number of rotatable bonds is 19. The largest absolute Gasteiger partial charge is 0.480 e. The topological polar surface area (TPSA) is 209 Å². The number of hydrogen-bond donors (Lipinski definition) is 5. The number of isothiocyanates is 1. The summed E-state index contributed by atoms with van der Waals surface area (Å²) in [5, 5.41) is 48.4. The van der Waals surface area contributed by atoms with Gasteiger partial charge in [0.05, 0.1) is 43.6 Å². The summed E-state index contributed by atoms with van der Waals surface area (Å²) in [6.07, 6.45) is 0.145. The minimum absolute atomic E-state index is 0.0698. The number of nitrogens with zero attached hydrogens (tertiary/aromatic N) is 4. The smallest absolute Gasteiger partial charge is 0.317 e. The Labute approximate surface area is 217 Å². The average molecular weight is 541 g/mol. The minimum Gasteiger partial charge on any atom is -0.480 e. The van der Waals surface area contributed by atoms with Gasteiger partial charge in [0.2, 0.25) is 0 Å². The molecular formula is C22H28N4O10S. The van der Waals surface area contributed by atoms with Gasteiger partial charge in [-0.15, -0.1) is 0 Å². The van der Waals surface area contributed by atoms with E-state index in [9.17, 15) is 39.3 Å². The van der Waals surface area contributed by atoms with Crippen molar-refractivity contribution < 1.29 is 49.5 Å². The monoisotopic (exact) mass is 540 g/mol. The van der Waals surface area contributed by atoms with Crippen LogP contribution in [0.5, 0.6) is 0 Å². The first-order valence-corrected chi connectivity index (χ1v) is 11.2. The first kappa shape index (κ1) is 31.3. The van der Waals surface area contributed by atoms with Crippen LogP contribution in [0, 0.1) is 0 Å². The van der Waals surface area contributed by atoms with E-state index in [1.165, 1.54) is 9.80 Å². The predicted molar refractivity (Wildman–Crippen MR) is 131 cm³/mol. The van der Waals surface area contributed by atoms with Crippen molar-refractivity contribution >= 4 is 52.9 Å². The van der Waals surface area contributed by atoms with E-state index in [0.717, 1.165) is 4.90 Å². The highest BCUT2D eigenvalue weighted by molar-refractivity contribution is 7.78. The zero-order chi connectivity index (χ0) is 28.0. The fourth-order valence-electron chi connectivity index (χ4n) is 3.61. The van der Waals surface area contributed by atoms with Crippen molar-refractivity contribution in [1.82, 2.24) is 14.7 Å². The highest BCUT2D eigenvalue weighted by Crippen LogP contribution is 2.16. The second-order valence-electron chi connectivity index (χ2n) is 8.05. The van der Waals surface area contributed by atoms with Gasteiger partial charge in [0.25, 0.3) is 0 Å². The Balaban J connectivity index is 3.24. The number of benzene rings is 1. The molecule has 1 aromatic rings. The molecule has 0 aliphatic rings. The van der Waals surface area contributed by atoms with Crippen LogP contribution in [0.2, 0.25) is 0 Å². The number of aliphatic carboxylic acids is 5. The Morgan fingerprint density at radius 3 is 1.59 bits per heavy atom. The number of carbonyl (C=O) groups is 5. The third-order valence-electron chi connectivity index (χ3n) is 5.05. The van der Waals surface area contributed by atoms with E-state index in [2.05, 4.69) is 22.4 Å². The Bertz CT molecular complexity index is 981. The van der Waals surface area contributed by atoms with Crippen molar-refractivity contribution in [3.8, 4) is 0 Å². The Hall–Kier alpha value is -3.75. The van der Waals surface area contributed by atoms with E-state index >= 15 is 0 Å². The van der Waals surface area contributed by atoms with Gasteiger partial charge in [-0.3, -0.25) is 38.7 Å². The van der Waals surface area contributed by atoms with E-state index in [1.807, 2.05) is 0 Å². The van der Waals surface area contributed by atoms with Crippen LogP contribution in [0.4, 0.5) is 5.69 Å². The van der Waals surface area contributed by atoms with E-state index in [-0.39, 0.29) is 26.1 Å². The van der Waals surface area contributed by atoms with Gasteiger partial charge in [-0.05, 0) is 36.3 Å². The van der Waals surface area contributed by atoms with E-state index < -0.39 is 68.6 Å². The molecule has 0 amide bonds. The Kier molecular flexibility index (Phi) is 13.6. The van der Waals surface area contributed by atoms with Crippen molar-refractivity contribution in [3.63, 3.8) is 0 Å². The average Bonchev–Trinajstić information content (AvgIpc) is 2.76. The molecule has 5 N–H and O–H groups in total. The van der Waals surface area contributed by atoms with Gasteiger partial charge in [0.1, 0.15) is 0 Å². The van der Waals surface area contributed by atoms with E-state index in [4.69, 9.17) is 10.2 Å². The summed E-state index contributed by atoms with van der Waals surface area (Å²) in [5.74, 6) is -6.32. The second kappa shape index (κ2) is 16.1. The summed E-state index contributed by atoms with van der Waals surface area (Å²) in [6.45, 7) is -3.23. The molecule has 14 nitrogen and oxygen atoms in total. The maximum atomic E-state index is 11.5. The van der Waals surface area contributed by atoms with Crippen LogP contribution in [-0.2, 0) is 30.4 Å². The molecule has 0 heterocycles. The number of carboxylic acid groups (broad SMARTS) is 5. The summed E-state index contributed by atoms with van der Waals surface area (Å²) in [5.41, 5.74) is 1.20. The van der Waals surface area contributed by atoms with Crippen molar-refractivity contribution in [2.75, 3.05) is 52.4 Å². The quantitative estimate of drug-likeness (QED) is 0.112. The molecule has 0 fully saturated rings. The Morgan fingerprint density at radius 1 is 0.730 bits per heavy atom. The maximum absolute atomic E-state index is 11.5. The molecule has 0 aromatic heterocycles. The lowest BCUT2D eigenvalue weighted by molar-refractivity contribution is -0.144. The Morgan fingerprint density at radius 2 is 1.16 bits per heavy atom. The molecular weight excluding hydrogens is 512 g/mol. The molecule has 0 saturated carbocycles. The lowest BCUT2D eigenvalue weighted by Crippen LogP contribution is -2.51. The molecule has 0 unspecified atom stereocenters. The molecule has 0 bridgehead atoms. The zero-order valence-corrected chi connectivity index (χ0v) is 20.5. The van der Waals surface area contributed by atoms with Crippen LogP contribution >= 0.6 is 12.2 Å². The first-order valence-electron chi connectivity index (χ1n) is 10.8. The van der Waals surface area contributed by atoms with Gasteiger partial charge >= 0.3 is 29.8 Å². The third kappa shape index (κ3) is 13.8. The van der Waals surface area contributed by atoms with Crippen LogP contribution in [0.1, 0.15) is 5.56 Å². The van der Waals surface area contributed by atoms with Crippen LogP contribution in [0.25, 0.3) is 0 Å². The molecule has 0 radical (unpaired) electrons. The molecule has 37 heavy (non-hydrogen) atoms. The summed E-state index contributed by atoms with van der Waals surface area (Å²) >= 11 is 4.57. The van der Waals surface area contributed by atoms with Gasteiger partial charge in [0, 0.05) is 25.7 Å². The van der Waals surface area contributed by atoms with Crippen LogP contribution in [0.3, 0.4) is 0 Å². The molecule has 202 valence electrons. The van der Waals surface area contributed by atoms with Gasteiger partial charge in [0.15, 0.2) is 0 Å². The van der Waals surface area contributed by atoms with Crippen molar-refractivity contribution in [3.05, 3.63) is 29.8 Å². The standard InChI is InChI=1S/C22H28N4O10S/c27-18(28)9-24(5-6-25(10-19(29)30)11-20(31)32)8-17(26(12-21(33)34)13-22(35)36)7-15-1-3-16(4-2-15)23-14-37/h1-4,17H,5-13H2,(H,27,28)(H,29,30)(H,31,32)(H,33,34)(H,35,36)/t17-/m0/s1. The predicted octanol–water partition coefficient (Wildman–Crippen LogP) is -0.339. The number of hydrogen-bond acceptors (Lipinski definition) is 10. The van der Waals surface area contributed by atoms with E-state index in [0.29, 0.717) is 11.3 Å². The fourth-order valence-corrected chi connectivity index (χ4v) is 3.71. The summed E-state index contributed by atoms with van der Waals surface area (Å²) < 4.78 is 0. The molecule has 1 aromatic carbocycles. The first-order chi connectivity index (χ1) is 17.4. The summed E-state index contributed by atoms with van der Waals surface area (Å²) in [6, 6.07) is 5.85. The van der Waals surface area contributed by atoms with Gasteiger partial charge in [-0.2, -0.15) is 4.99 Å². The van der Waals surface area contributed by atoms with Crippen molar-refractivity contribution in [2.24, 2.45) is 4.99 Å². The number of aliphatic imine (C=N–C) groups is 1. The highest BCUT2D eigenvalue weighted by atomic mass is 32.1. The molecule has 1 rings (SSSR count). The minimum atomic E-state index is -1.28. The molecule has 0 spiro atoms. The molecule has 1 atom stereocenters. The van der Waals surface area contributed by atoms with Crippen molar-refractivity contribution in [2.45, 2.75) is 12.5 Å². The van der Waals surface area contributed by atoms with E-state index in [1.54, 1.807) is 24.3 Å². The third-order valence-corrected chi connectivity index (χ3v) is 5.14. The summed E-state index contributed by atoms with van der Waals surface area (Å²) in [4.78, 5) is 64.1.